The molecule has 0 radical (unpaired) electrons. The molecule has 5 nitrogen and oxygen atoms in total. The zero-order valence-electron chi connectivity index (χ0n) is 11.7. The number of carbonyl (C=O) groups excluding carboxylic acids is 1. The predicted octanol–water partition coefficient (Wildman–Crippen LogP) is 0.265. The van der Waals surface area contributed by atoms with E-state index in [9.17, 15) is 4.79 Å². The molecule has 1 amide bonds. The van der Waals surface area contributed by atoms with Gasteiger partial charge < -0.3 is 14.5 Å². The molecule has 1 aliphatic heterocycles. The Bertz CT molecular complexity index is 305. The number of nitrogens with zero attached hydrogens (tertiary/aromatic N) is 2. The fourth-order valence-electron chi connectivity index (χ4n) is 2.58. The van der Waals surface area contributed by atoms with Crippen molar-refractivity contribution in [1.82, 2.24) is 15.1 Å². The van der Waals surface area contributed by atoms with Crippen LogP contribution in [0.25, 0.3) is 0 Å². The molecule has 0 aromatic carbocycles. The van der Waals surface area contributed by atoms with E-state index in [0.717, 1.165) is 45.5 Å². The zero-order chi connectivity index (χ0) is 13.2. The van der Waals surface area contributed by atoms with Gasteiger partial charge in [-0.1, -0.05) is 6.92 Å². The van der Waals surface area contributed by atoms with E-state index >= 15 is 0 Å². The second-order valence-corrected chi connectivity index (χ2v) is 5.45. The third-order valence-corrected chi connectivity index (χ3v) is 4.03. The molecule has 18 heavy (non-hydrogen) atoms. The fraction of sp³-hybridized carbons (Fsp3) is 0.923. The molecule has 2 aliphatic rings. The first-order valence-electron chi connectivity index (χ1n) is 6.89. The van der Waals surface area contributed by atoms with Crippen LogP contribution >= 0.6 is 0 Å². The molecule has 2 rings (SSSR count). The van der Waals surface area contributed by atoms with Crippen molar-refractivity contribution in [3.05, 3.63) is 0 Å². The van der Waals surface area contributed by atoms with Gasteiger partial charge in [-0.3, -0.25) is 10.1 Å². The van der Waals surface area contributed by atoms with Crippen LogP contribution < -0.4 is 5.32 Å². The standard InChI is InChI=1S/C13H25N3O2/c1-4-11-14-13(5-6-13)12(17)16(11)8-7-15(2)9-10-18-3/h11,14H,4-10H2,1-3H3. The molecule has 1 unspecified atom stereocenters. The molecule has 1 atom stereocenters. The van der Waals surface area contributed by atoms with Crippen molar-refractivity contribution in [2.45, 2.75) is 37.9 Å². The Balaban J connectivity index is 1.82. The van der Waals surface area contributed by atoms with Gasteiger partial charge in [0.25, 0.3) is 0 Å². The van der Waals surface area contributed by atoms with Crippen LogP contribution in [0, 0.1) is 0 Å². The molecule has 5 heteroatoms. The second-order valence-electron chi connectivity index (χ2n) is 5.45. The van der Waals surface area contributed by atoms with Crippen molar-refractivity contribution in [3.8, 4) is 0 Å². The zero-order valence-corrected chi connectivity index (χ0v) is 11.7. The average molecular weight is 255 g/mol. The maximum atomic E-state index is 12.3. The molecule has 1 heterocycles. The molecule has 0 bridgehead atoms. The Morgan fingerprint density at radius 1 is 1.50 bits per heavy atom. The minimum absolute atomic E-state index is 0.175. The molecule has 0 aromatic heterocycles. The molecular formula is C13H25N3O2. The van der Waals surface area contributed by atoms with Crippen LogP contribution in [0.2, 0.25) is 0 Å². The smallest absolute Gasteiger partial charge is 0.244 e. The van der Waals surface area contributed by atoms with Gasteiger partial charge in [-0.2, -0.15) is 0 Å². The number of hydrogen-bond donors (Lipinski definition) is 1. The summed E-state index contributed by atoms with van der Waals surface area (Å²) in [6, 6.07) is 0. The third-order valence-electron chi connectivity index (χ3n) is 4.03. The van der Waals surface area contributed by atoms with E-state index in [-0.39, 0.29) is 11.7 Å². The van der Waals surface area contributed by atoms with Crippen LogP contribution in [-0.4, -0.2) is 67.8 Å². The summed E-state index contributed by atoms with van der Waals surface area (Å²) in [5, 5.41) is 3.49. The minimum atomic E-state index is -0.175. The summed E-state index contributed by atoms with van der Waals surface area (Å²) in [6.45, 7) is 5.50. The van der Waals surface area contributed by atoms with E-state index in [0.29, 0.717) is 5.91 Å². The molecule has 1 spiro atoms. The van der Waals surface area contributed by atoms with Gasteiger partial charge in [-0.15, -0.1) is 0 Å². The van der Waals surface area contributed by atoms with E-state index in [1.54, 1.807) is 7.11 Å². The van der Waals surface area contributed by atoms with Gasteiger partial charge in [-0.05, 0) is 26.3 Å². The first-order chi connectivity index (χ1) is 8.63. The highest BCUT2D eigenvalue weighted by Gasteiger charge is 2.58. The molecule has 2 fully saturated rings. The van der Waals surface area contributed by atoms with Crippen molar-refractivity contribution >= 4 is 5.91 Å². The summed E-state index contributed by atoms with van der Waals surface area (Å²) < 4.78 is 5.06. The maximum absolute atomic E-state index is 12.3. The number of ether oxygens (including phenoxy) is 1. The van der Waals surface area contributed by atoms with E-state index in [1.165, 1.54) is 0 Å². The van der Waals surface area contributed by atoms with Gasteiger partial charge in [0.1, 0.15) is 0 Å². The van der Waals surface area contributed by atoms with E-state index in [4.69, 9.17) is 4.74 Å². The van der Waals surface area contributed by atoms with Gasteiger partial charge in [0, 0.05) is 26.7 Å². The highest BCUT2D eigenvalue weighted by Crippen LogP contribution is 2.42. The SMILES string of the molecule is CCC1NC2(CC2)C(=O)N1CCN(C)CCOC. The van der Waals surface area contributed by atoms with Gasteiger partial charge >= 0.3 is 0 Å². The van der Waals surface area contributed by atoms with E-state index < -0.39 is 0 Å². The number of likely N-dealkylation sites (N-methyl/N-ethyl adjacent to an activating group) is 1. The number of amides is 1. The van der Waals surface area contributed by atoms with Gasteiger partial charge in [0.05, 0.1) is 18.3 Å². The van der Waals surface area contributed by atoms with Crippen molar-refractivity contribution in [1.29, 1.82) is 0 Å². The lowest BCUT2D eigenvalue weighted by atomic mass is 10.3. The summed E-state index contributed by atoms with van der Waals surface area (Å²) in [4.78, 5) is 16.5. The summed E-state index contributed by atoms with van der Waals surface area (Å²) >= 11 is 0. The Morgan fingerprint density at radius 3 is 2.78 bits per heavy atom. The lowest BCUT2D eigenvalue weighted by Crippen LogP contribution is -2.41. The van der Waals surface area contributed by atoms with Crippen molar-refractivity contribution in [2.75, 3.05) is 40.4 Å². The summed E-state index contributed by atoms with van der Waals surface area (Å²) in [5.74, 6) is 0.314. The van der Waals surface area contributed by atoms with Crippen LogP contribution in [0.1, 0.15) is 26.2 Å². The van der Waals surface area contributed by atoms with Crippen molar-refractivity contribution < 1.29 is 9.53 Å². The van der Waals surface area contributed by atoms with E-state index in [2.05, 4.69) is 24.2 Å². The molecule has 1 saturated carbocycles. The lowest BCUT2D eigenvalue weighted by Gasteiger charge is -2.26. The topological polar surface area (TPSA) is 44.8 Å². The summed E-state index contributed by atoms with van der Waals surface area (Å²) in [5.41, 5.74) is -0.175. The highest BCUT2D eigenvalue weighted by atomic mass is 16.5. The highest BCUT2D eigenvalue weighted by molar-refractivity contribution is 5.91. The second kappa shape index (κ2) is 5.55. The predicted molar refractivity (Wildman–Crippen MR) is 70.3 cm³/mol. The van der Waals surface area contributed by atoms with Crippen LogP contribution in [-0.2, 0) is 9.53 Å². The summed E-state index contributed by atoms with van der Waals surface area (Å²) in [7, 11) is 3.78. The first kappa shape index (κ1) is 13.8. The first-order valence-corrected chi connectivity index (χ1v) is 6.89. The molecule has 1 saturated heterocycles. The number of carbonyl (C=O) groups is 1. The largest absolute Gasteiger partial charge is 0.383 e. The van der Waals surface area contributed by atoms with Crippen LogP contribution in [0.4, 0.5) is 0 Å². The molecule has 104 valence electrons. The molecular weight excluding hydrogens is 230 g/mol. The van der Waals surface area contributed by atoms with Crippen LogP contribution in [0.3, 0.4) is 0 Å². The molecule has 0 aromatic rings. The van der Waals surface area contributed by atoms with Crippen molar-refractivity contribution in [3.63, 3.8) is 0 Å². The summed E-state index contributed by atoms with van der Waals surface area (Å²) in [6.07, 6.45) is 3.24. The van der Waals surface area contributed by atoms with Gasteiger partial charge in [0.2, 0.25) is 5.91 Å². The molecule has 1 N–H and O–H groups in total. The van der Waals surface area contributed by atoms with Crippen LogP contribution in [0.5, 0.6) is 0 Å². The Kier molecular flexibility index (Phi) is 4.25. The monoisotopic (exact) mass is 255 g/mol. The maximum Gasteiger partial charge on any atom is 0.244 e. The van der Waals surface area contributed by atoms with Crippen LogP contribution in [0.15, 0.2) is 0 Å². The third kappa shape index (κ3) is 2.68. The molecule has 1 aliphatic carbocycles. The van der Waals surface area contributed by atoms with E-state index in [1.807, 2.05) is 4.90 Å². The Morgan fingerprint density at radius 2 is 2.22 bits per heavy atom. The number of rotatable bonds is 7. The van der Waals surface area contributed by atoms with Crippen molar-refractivity contribution in [2.24, 2.45) is 0 Å². The normalized spacial score (nSPS) is 25.4. The number of methoxy groups -OCH3 is 1. The number of hydrogen-bond acceptors (Lipinski definition) is 4. The van der Waals surface area contributed by atoms with Gasteiger partial charge in [-0.25, -0.2) is 0 Å². The Labute approximate surface area is 109 Å². The lowest BCUT2D eigenvalue weighted by molar-refractivity contribution is -0.131. The Hall–Kier alpha value is -0.650. The van der Waals surface area contributed by atoms with Gasteiger partial charge in [0.15, 0.2) is 0 Å². The minimum Gasteiger partial charge on any atom is -0.383 e. The fourth-order valence-corrected chi connectivity index (χ4v) is 2.58. The number of nitrogens with one attached hydrogen (secondary N) is 1. The quantitative estimate of drug-likeness (QED) is 0.709. The average Bonchev–Trinajstić information content (AvgIpc) is 3.09.